The van der Waals surface area contributed by atoms with Crippen molar-refractivity contribution >= 4 is 34.4 Å². The number of aromatic nitrogens is 2. The number of carbonyl (C=O) groups is 1. The molecule has 142 valence electrons. The van der Waals surface area contributed by atoms with E-state index >= 15 is 0 Å². The highest BCUT2D eigenvalue weighted by Gasteiger charge is 2.15. The minimum atomic E-state index is 0.0521. The number of carbonyl (C=O) groups excluding carboxylic acids is 1. The molecule has 2 N–H and O–H groups in total. The second-order valence-corrected chi connectivity index (χ2v) is 8.02. The van der Waals surface area contributed by atoms with Crippen LogP contribution in [0, 0.1) is 0 Å². The van der Waals surface area contributed by atoms with Gasteiger partial charge in [0.15, 0.2) is 0 Å². The maximum atomic E-state index is 12.2. The monoisotopic (exact) mass is 382 g/mol. The van der Waals surface area contributed by atoms with Crippen LogP contribution < -0.4 is 10.2 Å². The van der Waals surface area contributed by atoms with Crippen LogP contribution in [-0.2, 0) is 4.79 Å². The molecule has 0 fully saturated rings. The van der Waals surface area contributed by atoms with Crippen molar-refractivity contribution in [3.63, 3.8) is 0 Å². The number of hydrogen-bond donors (Lipinski definition) is 2. The number of hydrogen-bond acceptors (Lipinski definition) is 4. The van der Waals surface area contributed by atoms with Crippen LogP contribution in [-0.4, -0.2) is 41.3 Å². The summed E-state index contributed by atoms with van der Waals surface area (Å²) in [4.78, 5) is 22.3. The Morgan fingerprint density at radius 1 is 1.15 bits per heavy atom. The van der Waals surface area contributed by atoms with E-state index in [0.717, 1.165) is 22.5 Å². The smallest absolute Gasteiger partial charge is 0.230 e. The minimum absolute atomic E-state index is 0.0521. The fraction of sp³-hybridized carbons (Fsp3) is 0.333. The zero-order chi connectivity index (χ0) is 19.2. The fourth-order valence-corrected chi connectivity index (χ4v) is 3.58. The summed E-state index contributed by atoms with van der Waals surface area (Å²) in [5, 5.41) is 3.17. The van der Waals surface area contributed by atoms with Crippen molar-refractivity contribution in [3.05, 3.63) is 60.4 Å². The molecule has 2 unspecified atom stereocenters. The average molecular weight is 383 g/mol. The molecule has 3 aromatic rings. The number of amides is 1. The van der Waals surface area contributed by atoms with E-state index in [9.17, 15) is 4.79 Å². The Balaban J connectivity index is 1.45. The molecule has 0 aliphatic rings. The zero-order valence-corrected chi connectivity index (χ0v) is 16.8. The summed E-state index contributed by atoms with van der Waals surface area (Å²) in [7, 11) is 2.05. The van der Waals surface area contributed by atoms with Gasteiger partial charge in [-0.15, -0.1) is 11.8 Å². The van der Waals surface area contributed by atoms with Gasteiger partial charge in [-0.2, -0.15) is 0 Å². The topological polar surface area (TPSA) is 61.0 Å². The predicted octanol–water partition coefficient (Wildman–Crippen LogP) is 4.00. The van der Waals surface area contributed by atoms with E-state index in [-0.39, 0.29) is 17.2 Å². The molecule has 0 saturated carbocycles. The van der Waals surface area contributed by atoms with Gasteiger partial charge in [0.05, 0.1) is 22.0 Å². The number of aromatic amines is 1. The zero-order valence-electron chi connectivity index (χ0n) is 16.0. The lowest BCUT2D eigenvalue weighted by atomic mass is 10.2. The molecule has 6 heteroatoms. The van der Waals surface area contributed by atoms with Crippen LogP contribution in [0.3, 0.4) is 0 Å². The molecule has 5 nitrogen and oxygen atoms in total. The van der Waals surface area contributed by atoms with Gasteiger partial charge >= 0.3 is 0 Å². The van der Waals surface area contributed by atoms with E-state index in [1.165, 1.54) is 0 Å². The number of imidazole rings is 1. The van der Waals surface area contributed by atoms with E-state index in [1.807, 2.05) is 49.5 Å². The number of fused-ring (bicyclic) bond motifs is 1. The molecule has 0 radical (unpaired) electrons. The second kappa shape index (κ2) is 8.95. The van der Waals surface area contributed by atoms with Crippen molar-refractivity contribution in [2.75, 3.05) is 24.2 Å². The Bertz CT molecular complexity index is 847. The highest BCUT2D eigenvalue weighted by atomic mass is 32.2. The summed E-state index contributed by atoms with van der Waals surface area (Å²) >= 11 is 1.59. The number of thioether (sulfide) groups is 1. The number of anilines is 1. The Labute approximate surface area is 164 Å². The van der Waals surface area contributed by atoms with Crippen LogP contribution in [0.2, 0.25) is 0 Å². The second-order valence-electron chi connectivity index (χ2n) is 6.69. The van der Waals surface area contributed by atoms with Gasteiger partial charge in [0.2, 0.25) is 5.91 Å². The molecule has 0 aliphatic carbocycles. The molecular weight excluding hydrogens is 356 g/mol. The van der Waals surface area contributed by atoms with E-state index < -0.39 is 0 Å². The molecule has 27 heavy (non-hydrogen) atoms. The van der Waals surface area contributed by atoms with Crippen molar-refractivity contribution in [2.24, 2.45) is 0 Å². The first kappa shape index (κ1) is 19.3. The van der Waals surface area contributed by atoms with Gasteiger partial charge in [0, 0.05) is 25.3 Å². The summed E-state index contributed by atoms with van der Waals surface area (Å²) in [6.45, 7) is 4.79. The summed E-state index contributed by atoms with van der Waals surface area (Å²) < 4.78 is 0. The highest BCUT2D eigenvalue weighted by molar-refractivity contribution is 8.00. The van der Waals surface area contributed by atoms with Crippen LogP contribution in [0.5, 0.6) is 0 Å². The number of nitrogens with zero attached hydrogens (tertiary/aromatic N) is 2. The third-order valence-electron chi connectivity index (χ3n) is 4.68. The van der Waals surface area contributed by atoms with Gasteiger partial charge in [-0.25, -0.2) is 4.98 Å². The predicted molar refractivity (Wildman–Crippen MR) is 114 cm³/mol. The third kappa shape index (κ3) is 5.04. The molecular formula is C21H26N4OS. The highest BCUT2D eigenvalue weighted by Crippen LogP contribution is 2.27. The van der Waals surface area contributed by atoms with E-state index in [4.69, 9.17) is 0 Å². The molecule has 1 amide bonds. The van der Waals surface area contributed by atoms with E-state index in [2.05, 4.69) is 46.2 Å². The Kier molecular flexibility index (Phi) is 6.40. The third-order valence-corrected chi connectivity index (χ3v) is 5.83. The van der Waals surface area contributed by atoms with Crippen LogP contribution in [0.1, 0.15) is 24.9 Å². The van der Waals surface area contributed by atoms with Crippen LogP contribution in [0.25, 0.3) is 11.0 Å². The van der Waals surface area contributed by atoms with Crippen molar-refractivity contribution in [1.82, 2.24) is 15.3 Å². The first-order chi connectivity index (χ1) is 13.0. The Morgan fingerprint density at radius 2 is 1.85 bits per heavy atom. The largest absolute Gasteiger partial charge is 0.370 e. The number of likely N-dealkylation sites (N-methyl/N-ethyl adjacent to an activating group) is 1. The Hall–Kier alpha value is -2.47. The number of benzene rings is 2. The van der Waals surface area contributed by atoms with Crippen LogP contribution in [0.15, 0.2) is 54.6 Å². The average Bonchev–Trinajstić information content (AvgIpc) is 3.14. The van der Waals surface area contributed by atoms with Crippen molar-refractivity contribution in [3.8, 4) is 0 Å². The lowest BCUT2D eigenvalue weighted by molar-refractivity contribution is -0.118. The van der Waals surface area contributed by atoms with Crippen molar-refractivity contribution in [1.29, 1.82) is 0 Å². The van der Waals surface area contributed by atoms with Crippen molar-refractivity contribution in [2.45, 2.75) is 25.1 Å². The van der Waals surface area contributed by atoms with Gasteiger partial charge in [-0.3, -0.25) is 4.79 Å². The fourth-order valence-electron chi connectivity index (χ4n) is 2.81. The van der Waals surface area contributed by atoms with Gasteiger partial charge in [0.1, 0.15) is 5.82 Å². The molecule has 3 rings (SSSR count). The number of rotatable bonds is 8. The number of nitrogens with one attached hydrogen (secondary N) is 2. The lowest BCUT2D eigenvalue weighted by Gasteiger charge is -2.27. The van der Waals surface area contributed by atoms with E-state index in [0.29, 0.717) is 12.3 Å². The standard InChI is InChI=1S/C21H26N4OS/c1-15(25(3)17-9-5-4-6-10-17)13-22-20(26)14-27-16(2)21-23-18-11-7-8-12-19(18)24-21/h4-12,15-16H,13-14H2,1-3H3,(H,22,26)(H,23,24). The summed E-state index contributed by atoms with van der Waals surface area (Å²) in [6, 6.07) is 18.4. The molecule has 0 spiro atoms. The Morgan fingerprint density at radius 3 is 2.59 bits per heavy atom. The normalized spacial score (nSPS) is 13.3. The molecule has 0 saturated heterocycles. The molecule has 2 atom stereocenters. The van der Waals surface area contributed by atoms with Gasteiger partial charge in [-0.05, 0) is 38.1 Å². The first-order valence-corrected chi connectivity index (χ1v) is 10.2. The van der Waals surface area contributed by atoms with Gasteiger partial charge in [0.25, 0.3) is 0 Å². The number of H-pyrrole nitrogens is 1. The summed E-state index contributed by atoms with van der Waals surface area (Å²) in [5.41, 5.74) is 3.14. The first-order valence-electron chi connectivity index (χ1n) is 9.15. The quantitative estimate of drug-likeness (QED) is 0.618. The summed E-state index contributed by atoms with van der Waals surface area (Å²) in [5.74, 6) is 1.38. The lowest BCUT2D eigenvalue weighted by Crippen LogP contribution is -2.40. The SMILES string of the molecule is CC(SCC(=O)NCC(C)N(C)c1ccccc1)c1nc2ccccc2[nH]1. The van der Waals surface area contributed by atoms with Crippen LogP contribution in [0.4, 0.5) is 5.69 Å². The van der Waals surface area contributed by atoms with E-state index in [1.54, 1.807) is 11.8 Å². The minimum Gasteiger partial charge on any atom is -0.370 e. The maximum absolute atomic E-state index is 12.2. The molecule has 0 aliphatic heterocycles. The van der Waals surface area contributed by atoms with Gasteiger partial charge < -0.3 is 15.2 Å². The van der Waals surface area contributed by atoms with Crippen LogP contribution >= 0.6 is 11.8 Å². The molecule has 1 heterocycles. The molecule has 2 aromatic carbocycles. The maximum Gasteiger partial charge on any atom is 0.230 e. The van der Waals surface area contributed by atoms with Crippen molar-refractivity contribution < 1.29 is 4.79 Å². The summed E-state index contributed by atoms with van der Waals surface area (Å²) in [6.07, 6.45) is 0. The number of para-hydroxylation sites is 3. The molecule has 1 aromatic heterocycles. The van der Waals surface area contributed by atoms with Gasteiger partial charge in [-0.1, -0.05) is 30.3 Å². The molecule has 0 bridgehead atoms.